The third-order valence-corrected chi connectivity index (χ3v) is 4.74. The number of rotatable bonds is 6. The largest absolute Gasteiger partial charge is 0.493 e. The summed E-state index contributed by atoms with van der Waals surface area (Å²) in [5, 5.41) is 0. The van der Waals surface area contributed by atoms with Crippen molar-refractivity contribution in [3.63, 3.8) is 0 Å². The van der Waals surface area contributed by atoms with Crippen molar-refractivity contribution in [3.05, 3.63) is 30.0 Å². The van der Waals surface area contributed by atoms with Gasteiger partial charge in [0.15, 0.2) is 11.5 Å². The Kier molecular flexibility index (Phi) is 6.05. The van der Waals surface area contributed by atoms with Gasteiger partial charge in [-0.15, -0.1) is 0 Å². The average Bonchev–Trinajstić information content (AvgIpc) is 2.72. The molecule has 27 heavy (non-hydrogen) atoms. The first-order chi connectivity index (χ1) is 13.0. The molecule has 0 aliphatic carbocycles. The van der Waals surface area contributed by atoms with Crippen LogP contribution in [0.1, 0.15) is 19.0 Å². The summed E-state index contributed by atoms with van der Waals surface area (Å²) >= 11 is 0. The molecule has 1 aromatic heterocycles. The number of methoxy groups -OCH3 is 2. The van der Waals surface area contributed by atoms with Crippen LogP contribution in [0.15, 0.2) is 24.3 Å². The molecular formula is C19H24F2N4O2. The molecule has 0 N–H and O–H groups in total. The van der Waals surface area contributed by atoms with Crippen LogP contribution in [-0.4, -0.2) is 61.8 Å². The molecule has 0 saturated carbocycles. The first kappa shape index (κ1) is 19.3. The van der Waals surface area contributed by atoms with Gasteiger partial charge in [-0.25, -0.2) is 18.7 Å². The van der Waals surface area contributed by atoms with Crippen molar-refractivity contribution in [2.45, 2.75) is 13.3 Å². The molecule has 0 radical (unpaired) electrons. The van der Waals surface area contributed by atoms with Crippen molar-refractivity contribution in [2.75, 3.05) is 51.8 Å². The summed E-state index contributed by atoms with van der Waals surface area (Å²) in [6, 6.07) is 6.57. The highest BCUT2D eigenvalue weighted by molar-refractivity contribution is 5.65. The van der Waals surface area contributed by atoms with Crippen molar-refractivity contribution >= 4 is 5.95 Å². The number of alkyl halides is 2. The SMILES string of the molecule is CCN1CCN(c2nc(-c3ccc(OC)c(OC)c3)cc(C(F)F)n2)CC1. The van der Waals surface area contributed by atoms with Crippen molar-refractivity contribution in [1.29, 1.82) is 0 Å². The molecule has 6 nitrogen and oxygen atoms in total. The van der Waals surface area contributed by atoms with E-state index in [0.717, 1.165) is 19.6 Å². The predicted molar refractivity (Wildman–Crippen MR) is 99.9 cm³/mol. The number of likely N-dealkylation sites (N-methyl/N-ethyl adjacent to an activating group) is 1. The van der Waals surface area contributed by atoms with Crippen LogP contribution in [0.25, 0.3) is 11.3 Å². The van der Waals surface area contributed by atoms with Gasteiger partial charge in [-0.05, 0) is 30.8 Å². The van der Waals surface area contributed by atoms with Gasteiger partial charge in [0.25, 0.3) is 6.43 Å². The maximum atomic E-state index is 13.4. The lowest BCUT2D eigenvalue weighted by Crippen LogP contribution is -2.46. The number of hydrogen-bond acceptors (Lipinski definition) is 6. The maximum absolute atomic E-state index is 13.4. The van der Waals surface area contributed by atoms with E-state index in [2.05, 4.69) is 21.8 Å². The first-order valence-electron chi connectivity index (χ1n) is 8.92. The van der Waals surface area contributed by atoms with E-state index in [1.807, 2.05) is 4.90 Å². The lowest BCUT2D eigenvalue weighted by atomic mass is 10.1. The van der Waals surface area contributed by atoms with Crippen molar-refractivity contribution in [3.8, 4) is 22.8 Å². The van der Waals surface area contributed by atoms with E-state index in [4.69, 9.17) is 9.47 Å². The molecule has 2 aromatic rings. The minimum atomic E-state index is -2.66. The van der Waals surface area contributed by atoms with Crippen LogP contribution in [-0.2, 0) is 0 Å². The van der Waals surface area contributed by atoms with Gasteiger partial charge in [0, 0.05) is 31.7 Å². The smallest absolute Gasteiger partial charge is 0.280 e. The first-order valence-corrected chi connectivity index (χ1v) is 8.92. The molecule has 0 unspecified atom stereocenters. The Bertz CT molecular complexity index is 780. The quantitative estimate of drug-likeness (QED) is 0.769. The van der Waals surface area contributed by atoms with E-state index in [-0.39, 0.29) is 5.69 Å². The molecule has 0 spiro atoms. The highest BCUT2D eigenvalue weighted by atomic mass is 19.3. The topological polar surface area (TPSA) is 50.7 Å². The van der Waals surface area contributed by atoms with E-state index in [1.54, 1.807) is 25.3 Å². The molecular weight excluding hydrogens is 354 g/mol. The number of hydrogen-bond donors (Lipinski definition) is 0. The molecule has 1 saturated heterocycles. The van der Waals surface area contributed by atoms with E-state index >= 15 is 0 Å². The third kappa shape index (κ3) is 4.27. The zero-order valence-electron chi connectivity index (χ0n) is 15.8. The van der Waals surface area contributed by atoms with Gasteiger partial charge in [-0.2, -0.15) is 0 Å². The molecule has 2 heterocycles. The summed E-state index contributed by atoms with van der Waals surface area (Å²) in [7, 11) is 3.08. The number of piperazine rings is 1. The molecule has 8 heteroatoms. The number of anilines is 1. The highest BCUT2D eigenvalue weighted by Gasteiger charge is 2.21. The number of benzene rings is 1. The van der Waals surface area contributed by atoms with E-state index in [1.165, 1.54) is 13.2 Å². The van der Waals surface area contributed by atoms with Gasteiger partial charge in [-0.3, -0.25) is 0 Å². The summed E-state index contributed by atoms with van der Waals surface area (Å²) < 4.78 is 37.4. The summed E-state index contributed by atoms with van der Waals surface area (Å²) in [6.07, 6.45) is -2.66. The maximum Gasteiger partial charge on any atom is 0.280 e. The van der Waals surface area contributed by atoms with E-state index < -0.39 is 6.43 Å². The Morgan fingerprint density at radius 2 is 1.70 bits per heavy atom. The van der Waals surface area contributed by atoms with Crippen LogP contribution in [0.5, 0.6) is 11.5 Å². The van der Waals surface area contributed by atoms with Crippen LogP contribution in [0, 0.1) is 0 Å². The zero-order chi connectivity index (χ0) is 19.4. The van der Waals surface area contributed by atoms with Gasteiger partial charge in [-0.1, -0.05) is 6.92 Å². The van der Waals surface area contributed by atoms with Crippen LogP contribution >= 0.6 is 0 Å². The normalized spacial score (nSPS) is 15.3. The Morgan fingerprint density at radius 1 is 1.00 bits per heavy atom. The molecule has 1 aromatic carbocycles. The van der Waals surface area contributed by atoms with Crippen LogP contribution < -0.4 is 14.4 Å². The van der Waals surface area contributed by atoms with E-state index in [9.17, 15) is 8.78 Å². The van der Waals surface area contributed by atoms with Crippen molar-refractivity contribution < 1.29 is 18.3 Å². The van der Waals surface area contributed by atoms with Gasteiger partial charge in [0.05, 0.1) is 19.9 Å². The minimum absolute atomic E-state index is 0.275. The zero-order valence-corrected chi connectivity index (χ0v) is 15.8. The third-order valence-electron chi connectivity index (χ3n) is 4.74. The second-order valence-electron chi connectivity index (χ2n) is 6.27. The molecule has 1 fully saturated rings. The second kappa shape index (κ2) is 8.47. The number of halogens is 2. The van der Waals surface area contributed by atoms with Gasteiger partial charge in [0.2, 0.25) is 5.95 Å². The molecule has 3 rings (SSSR count). The monoisotopic (exact) mass is 378 g/mol. The van der Waals surface area contributed by atoms with Crippen LogP contribution in [0.3, 0.4) is 0 Å². The number of aromatic nitrogens is 2. The Hall–Kier alpha value is -2.48. The molecule has 146 valence electrons. The standard InChI is InChI=1S/C19H24F2N4O2/c1-4-24-7-9-25(10-8-24)19-22-14(12-15(23-19)18(20)21)13-5-6-16(26-2)17(11-13)27-3/h5-6,11-12,18H,4,7-10H2,1-3H3. The van der Waals surface area contributed by atoms with Crippen LogP contribution in [0.4, 0.5) is 14.7 Å². The summed E-state index contributed by atoms with van der Waals surface area (Å²) in [5.74, 6) is 1.43. The number of nitrogens with zero attached hydrogens (tertiary/aromatic N) is 4. The predicted octanol–water partition coefficient (Wildman–Crippen LogP) is 3.24. The summed E-state index contributed by atoms with van der Waals surface area (Å²) in [5.41, 5.74) is 0.835. The number of ether oxygens (including phenoxy) is 2. The van der Waals surface area contributed by atoms with Gasteiger partial charge < -0.3 is 19.3 Å². The molecule has 1 aliphatic rings. The Morgan fingerprint density at radius 3 is 2.30 bits per heavy atom. The van der Waals surface area contributed by atoms with E-state index in [0.29, 0.717) is 41.8 Å². The lowest BCUT2D eigenvalue weighted by molar-refractivity contribution is 0.146. The fourth-order valence-electron chi connectivity index (χ4n) is 3.11. The summed E-state index contributed by atoms with van der Waals surface area (Å²) in [4.78, 5) is 12.9. The molecule has 0 bridgehead atoms. The van der Waals surface area contributed by atoms with Crippen molar-refractivity contribution in [1.82, 2.24) is 14.9 Å². The summed E-state index contributed by atoms with van der Waals surface area (Å²) in [6.45, 7) is 6.24. The van der Waals surface area contributed by atoms with Gasteiger partial charge >= 0.3 is 0 Å². The molecule has 0 amide bonds. The fraction of sp³-hybridized carbons (Fsp3) is 0.474. The molecule has 0 atom stereocenters. The lowest BCUT2D eigenvalue weighted by Gasteiger charge is -2.34. The Balaban J connectivity index is 1.97. The second-order valence-corrected chi connectivity index (χ2v) is 6.27. The van der Waals surface area contributed by atoms with Crippen molar-refractivity contribution in [2.24, 2.45) is 0 Å². The highest BCUT2D eigenvalue weighted by Crippen LogP contribution is 2.33. The van der Waals surface area contributed by atoms with Gasteiger partial charge in [0.1, 0.15) is 5.69 Å². The van der Waals surface area contributed by atoms with Crippen LogP contribution in [0.2, 0.25) is 0 Å². The minimum Gasteiger partial charge on any atom is -0.493 e. The Labute approximate surface area is 157 Å². The molecule has 1 aliphatic heterocycles. The average molecular weight is 378 g/mol. The fourth-order valence-corrected chi connectivity index (χ4v) is 3.11.